The van der Waals surface area contributed by atoms with Crippen LogP contribution >= 0.6 is 0 Å². The maximum atomic E-state index is 11.4. The molecule has 1 heterocycles. The maximum Gasteiger partial charge on any atom is 0.248 e. The van der Waals surface area contributed by atoms with Gasteiger partial charge in [0, 0.05) is 19.6 Å². The summed E-state index contributed by atoms with van der Waals surface area (Å²) in [5.74, 6) is 0.103. The molecular formula is C10H20N2O2. The topological polar surface area (TPSA) is 55.6 Å². The lowest BCUT2D eigenvalue weighted by Gasteiger charge is -2.32. The fraction of sp³-hybridized carbons (Fsp3) is 0.900. The van der Waals surface area contributed by atoms with E-state index in [2.05, 4.69) is 6.92 Å². The van der Waals surface area contributed by atoms with E-state index in [4.69, 9.17) is 10.5 Å². The summed E-state index contributed by atoms with van der Waals surface area (Å²) in [6.07, 6.45) is 3.48. The van der Waals surface area contributed by atoms with Crippen LogP contribution in [0.25, 0.3) is 0 Å². The average Bonchev–Trinajstić information content (AvgIpc) is 2.21. The van der Waals surface area contributed by atoms with Crippen LogP contribution in [-0.2, 0) is 9.53 Å². The Morgan fingerprint density at radius 3 is 3.00 bits per heavy atom. The number of morpholine rings is 1. The Bertz CT molecular complexity index is 185. The van der Waals surface area contributed by atoms with Gasteiger partial charge in [0.25, 0.3) is 0 Å². The van der Waals surface area contributed by atoms with E-state index in [-0.39, 0.29) is 18.6 Å². The van der Waals surface area contributed by atoms with E-state index >= 15 is 0 Å². The van der Waals surface area contributed by atoms with Crippen molar-refractivity contribution < 1.29 is 9.53 Å². The summed E-state index contributed by atoms with van der Waals surface area (Å²) in [6, 6.07) is 0. The lowest BCUT2D eigenvalue weighted by Crippen LogP contribution is -2.49. The molecule has 1 aliphatic rings. The molecule has 82 valence electrons. The Morgan fingerprint density at radius 1 is 1.57 bits per heavy atom. The molecule has 1 atom stereocenters. The van der Waals surface area contributed by atoms with Crippen molar-refractivity contribution in [3.8, 4) is 0 Å². The van der Waals surface area contributed by atoms with Crippen molar-refractivity contribution in [2.45, 2.75) is 32.3 Å². The monoisotopic (exact) mass is 200 g/mol. The average molecular weight is 200 g/mol. The zero-order valence-electron chi connectivity index (χ0n) is 8.87. The van der Waals surface area contributed by atoms with Crippen molar-refractivity contribution in [1.82, 2.24) is 4.90 Å². The fourth-order valence-electron chi connectivity index (χ4n) is 1.59. The predicted molar refractivity (Wildman–Crippen MR) is 54.9 cm³/mol. The molecule has 0 aliphatic carbocycles. The van der Waals surface area contributed by atoms with Gasteiger partial charge < -0.3 is 15.4 Å². The Kier molecular flexibility index (Phi) is 4.90. The van der Waals surface area contributed by atoms with Gasteiger partial charge in [0.1, 0.15) is 6.61 Å². The van der Waals surface area contributed by atoms with E-state index in [9.17, 15) is 4.79 Å². The molecule has 0 aromatic rings. The first kappa shape index (κ1) is 11.5. The standard InChI is InChI=1S/C10H20N2O2/c1-2-3-4-5-12-7-9(6-11)14-8-10(12)13/h9H,2-8,11H2,1H3. The number of nitrogens with two attached hydrogens (primary N) is 1. The smallest absolute Gasteiger partial charge is 0.248 e. The first-order chi connectivity index (χ1) is 6.77. The summed E-state index contributed by atoms with van der Waals surface area (Å²) in [6.45, 7) is 4.38. The molecule has 0 saturated carbocycles. The van der Waals surface area contributed by atoms with Gasteiger partial charge in [0.15, 0.2) is 0 Å². The van der Waals surface area contributed by atoms with Crippen LogP contribution in [0.5, 0.6) is 0 Å². The van der Waals surface area contributed by atoms with Gasteiger partial charge in [-0.3, -0.25) is 4.79 Å². The van der Waals surface area contributed by atoms with Crippen molar-refractivity contribution in [3.05, 3.63) is 0 Å². The minimum Gasteiger partial charge on any atom is -0.365 e. The predicted octanol–water partition coefficient (Wildman–Crippen LogP) is 0.363. The molecule has 0 aromatic heterocycles. The molecule has 1 amide bonds. The highest BCUT2D eigenvalue weighted by Crippen LogP contribution is 2.07. The van der Waals surface area contributed by atoms with E-state index in [1.54, 1.807) is 0 Å². The Hall–Kier alpha value is -0.610. The Labute approximate surface area is 85.4 Å². The van der Waals surface area contributed by atoms with Crippen LogP contribution in [-0.4, -0.2) is 43.2 Å². The second-order valence-corrected chi connectivity index (χ2v) is 3.72. The van der Waals surface area contributed by atoms with Crippen LogP contribution in [0.15, 0.2) is 0 Å². The van der Waals surface area contributed by atoms with Gasteiger partial charge in [-0.25, -0.2) is 0 Å². The normalized spacial score (nSPS) is 22.9. The van der Waals surface area contributed by atoms with Gasteiger partial charge in [-0.1, -0.05) is 19.8 Å². The number of unbranched alkanes of at least 4 members (excludes halogenated alkanes) is 2. The third kappa shape index (κ3) is 3.27. The molecule has 1 unspecified atom stereocenters. The summed E-state index contributed by atoms with van der Waals surface area (Å²) in [7, 11) is 0. The molecule has 2 N–H and O–H groups in total. The SMILES string of the molecule is CCCCCN1CC(CN)OCC1=O. The largest absolute Gasteiger partial charge is 0.365 e. The maximum absolute atomic E-state index is 11.4. The molecule has 0 bridgehead atoms. The van der Waals surface area contributed by atoms with Crippen LogP contribution in [0.3, 0.4) is 0 Å². The minimum absolute atomic E-state index is 0.0364. The van der Waals surface area contributed by atoms with Crippen molar-refractivity contribution >= 4 is 5.91 Å². The van der Waals surface area contributed by atoms with Crippen molar-refractivity contribution in [2.75, 3.05) is 26.2 Å². The zero-order chi connectivity index (χ0) is 10.4. The quantitative estimate of drug-likeness (QED) is 0.652. The highest BCUT2D eigenvalue weighted by molar-refractivity contribution is 5.78. The van der Waals surface area contributed by atoms with Crippen molar-refractivity contribution in [1.29, 1.82) is 0 Å². The summed E-state index contributed by atoms with van der Waals surface area (Å²) in [5.41, 5.74) is 5.50. The summed E-state index contributed by atoms with van der Waals surface area (Å²) >= 11 is 0. The van der Waals surface area contributed by atoms with E-state index in [0.29, 0.717) is 13.1 Å². The molecule has 1 saturated heterocycles. The highest BCUT2D eigenvalue weighted by Gasteiger charge is 2.24. The number of hydrogen-bond donors (Lipinski definition) is 1. The van der Waals surface area contributed by atoms with E-state index in [1.807, 2.05) is 4.90 Å². The van der Waals surface area contributed by atoms with Gasteiger partial charge in [0.2, 0.25) is 5.91 Å². The van der Waals surface area contributed by atoms with E-state index < -0.39 is 0 Å². The summed E-state index contributed by atoms with van der Waals surface area (Å²) < 4.78 is 5.26. The Morgan fingerprint density at radius 2 is 2.36 bits per heavy atom. The fourth-order valence-corrected chi connectivity index (χ4v) is 1.59. The third-order valence-corrected chi connectivity index (χ3v) is 2.51. The molecule has 1 rings (SSSR count). The van der Waals surface area contributed by atoms with Gasteiger partial charge in [0.05, 0.1) is 6.10 Å². The number of ether oxygens (including phenoxy) is 1. The molecule has 0 spiro atoms. The second-order valence-electron chi connectivity index (χ2n) is 3.72. The number of nitrogens with zero attached hydrogens (tertiary/aromatic N) is 1. The van der Waals surface area contributed by atoms with Gasteiger partial charge >= 0.3 is 0 Å². The van der Waals surface area contributed by atoms with Crippen molar-refractivity contribution in [2.24, 2.45) is 5.73 Å². The lowest BCUT2D eigenvalue weighted by atomic mass is 10.2. The van der Waals surface area contributed by atoms with E-state index in [0.717, 1.165) is 13.0 Å². The molecule has 0 aromatic carbocycles. The molecule has 14 heavy (non-hydrogen) atoms. The number of hydrogen-bond acceptors (Lipinski definition) is 3. The number of amides is 1. The molecule has 0 radical (unpaired) electrons. The van der Waals surface area contributed by atoms with Crippen LogP contribution in [0.1, 0.15) is 26.2 Å². The van der Waals surface area contributed by atoms with Crippen LogP contribution in [0, 0.1) is 0 Å². The number of carbonyl (C=O) groups is 1. The van der Waals surface area contributed by atoms with Gasteiger partial charge in [-0.05, 0) is 6.42 Å². The summed E-state index contributed by atoms with van der Waals surface area (Å²) in [4.78, 5) is 13.3. The molecule has 1 aliphatic heterocycles. The van der Waals surface area contributed by atoms with Crippen molar-refractivity contribution in [3.63, 3.8) is 0 Å². The van der Waals surface area contributed by atoms with Crippen LogP contribution in [0.4, 0.5) is 0 Å². The highest BCUT2D eigenvalue weighted by atomic mass is 16.5. The second kappa shape index (κ2) is 5.98. The van der Waals surface area contributed by atoms with E-state index in [1.165, 1.54) is 12.8 Å². The molecule has 4 nitrogen and oxygen atoms in total. The first-order valence-electron chi connectivity index (χ1n) is 5.37. The van der Waals surface area contributed by atoms with Crippen LogP contribution < -0.4 is 5.73 Å². The van der Waals surface area contributed by atoms with Gasteiger partial charge in [-0.15, -0.1) is 0 Å². The lowest BCUT2D eigenvalue weighted by molar-refractivity contribution is -0.148. The molecule has 4 heteroatoms. The number of carbonyl (C=O) groups excluding carboxylic acids is 1. The Balaban J connectivity index is 2.29. The van der Waals surface area contributed by atoms with Gasteiger partial charge in [-0.2, -0.15) is 0 Å². The minimum atomic E-state index is 0.0364. The van der Waals surface area contributed by atoms with Crippen LogP contribution in [0.2, 0.25) is 0 Å². The first-order valence-corrected chi connectivity index (χ1v) is 5.37. The molecular weight excluding hydrogens is 180 g/mol. The summed E-state index contributed by atoms with van der Waals surface area (Å²) in [5, 5.41) is 0. The zero-order valence-corrected chi connectivity index (χ0v) is 8.87. The molecule has 1 fully saturated rings. The third-order valence-electron chi connectivity index (χ3n) is 2.51. The number of rotatable bonds is 5.